The molecule has 0 saturated carbocycles. The summed E-state index contributed by atoms with van der Waals surface area (Å²) in [5.74, 6) is 0. The van der Waals surface area contributed by atoms with Crippen molar-refractivity contribution in [2.24, 2.45) is 0 Å². The Morgan fingerprint density at radius 2 is 0.879 bits per heavy atom. The molecule has 0 N–H and O–H groups in total. The van der Waals surface area contributed by atoms with E-state index in [0.717, 1.165) is 21.5 Å². The lowest BCUT2D eigenvalue weighted by molar-refractivity contribution is 0.404. The zero-order valence-corrected chi connectivity index (χ0v) is 19.6. The summed E-state index contributed by atoms with van der Waals surface area (Å²) in [4.78, 5) is 0.457. The monoisotopic (exact) mass is 480 g/mol. The molecule has 0 aliphatic carbocycles. The van der Waals surface area contributed by atoms with Crippen LogP contribution in [0, 0.1) is 0 Å². The third kappa shape index (κ3) is 4.15. The largest absolute Gasteiger partial charge is 0.243 e. The van der Waals surface area contributed by atoms with Crippen LogP contribution in [0.2, 0.25) is 0 Å². The summed E-state index contributed by atoms with van der Waals surface area (Å²) in [7, 11) is -7.45. The van der Waals surface area contributed by atoms with Crippen molar-refractivity contribution < 1.29 is 16.8 Å². The van der Waals surface area contributed by atoms with Crippen LogP contribution in [0.25, 0.3) is 21.5 Å². The van der Waals surface area contributed by atoms with Gasteiger partial charge < -0.3 is 0 Å². The zero-order chi connectivity index (χ0) is 23.1. The van der Waals surface area contributed by atoms with Gasteiger partial charge in [0, 0.05) is 26.2 Å². The van der Waals surface area contributed by atoms with Crippen molar-refractivity contribution in [3.05, 3.63) is 84.9 Å². The molecule has 0 spiro atoms. The molecule has 0 atom stereocenters. The summed E-state index contributed by atoms with van der Waals surface area (Å²) < 4.78 is 56.0. The van der Waals surface area contributed by atoms with Crippen molar-refractivity contribution in [3.8, 4) is 0 Å². The molecule has 0 radical (unpaired) electrons. The molecule has 1 saturated heterocycles. The van der Waals surface area contributed by atoms with Gasteiger partial charge in [0.1, 0.15) is 0 Å². The topological polar surface area (TPSA) is 74.8 Å². The maximum Gasteiger partial charge on any atom is 0.243 e. The second kappa shape index (κ2) is 8.53. The molecule has 0 aromatic heterocycles. The molecule has 0 bridgehead atoms. The standard InChI is InChI=1S/C25H24N2O4S2/c28-32(29,24-12-10-20-6-1-3-8-22(20)18-24)26-14-5-15-27(17-16-26)33(30,31)25-13-11-21-7-2-4-9-23(21)19-25/h1-4,6-13,18-19H,5,14-17H2. The maximum absolute atomic E-state index is 13.3. The average Bonchev–Trinajstić information content (AvgIpc) is 3.11. The quantitative estimate of drug-likeness (QED) is 0.441. The van der Waals surface area contributed by atoms with E-state index < -0.39 is 20.0 Å². The van der Waals surface area contributed by atoms with E-state index in [1.54, 1.807) is 36.4 Å². The lowest BCUT2D eigenvalue weighted by Crippen LogP contribution is -2.37. The van der Waals surface area contributed by atoms with Gasteiger partial charge in [-0.2, -0.15) is 8.61 Å². The van der Waals surface area contributed by atoms with E-state index in [0.29, 0.717) is 6.42 Å². The number of nitrogens with zero attached hydrogens (tertiary/aromatic N) is 2. The maximum atomic E-state index is 13.3. The Balaban J connectivity index is 1.39. The molecule has 0 unspecified atom stereocenters. The summed E-state index contributed by atoms with van der Waals surface area (Å²) in [6.45, 7) is 0.780. The number of rotatable bonds is 4. The van der Waals surface area contributed by atoms with Crippen molar-refractivity contribution in [1.29, 1.82) is 0 Å². The highest BCUT2D eigenvalue weighted by atomic mass is 32.2. The third-order valence-electron chi connectivity index (χ3n) is 6.13. The molecule has 4 aromatic rings. The van der Waals surface area contributed by atoms with Crippen LogP contribution < -0.4 is 0 Å². The Morgan fingerprint density at radius 1 is 0.485 bits per heavy atom. The van der Waals surface area contributed by atoms with Crippen LogP contribution in [-0.4, -0.2) is 51.6 Å². The smallest absolute Gasteiger partial charge is 0.207 e. The van der Waals surface area contributed by atoms with Gasteiger partial charge in [-0.05, 0) is 52.2 Å². The number of benzene rings is 4. The van der Waals surface area contributed by atoms with Gasteiger partial charge in [-0.15, -0.1) is 0 Å². The van der Waals surface area contributed by atoms with Crippen LogP contribution >= 0.6 is 0 Å². The van der Waals surface area contributed by atoms with E-state index in [1.165, 1.54) is 8.61 Å². The van der Waals surface area contributed by atoms with E-state index in [4.69, 9.17) is 0 Å². The average molecular weight is 481 g/mol. The van der Waals surface area contributed by atoms with E-state index in [-0.39, 0.29) is 36.0 Å². The van der Waals surface area contributed by atoms with Gasteiger partial charge in [-0.25, -0.2) is 16.8 Å². The fraction of sp³-hybridized carbons (Fsp3) is 0.200. The Kier molecular flexibility index (Phi) is 5.70. The van der Waals surface area contributed by atoms with Crippen LogP contribution in [0.1, 0.15) is 6.42 Å². The Labute approximate surface area is 194 Å². The van der Waals surface area contributed by atoms with E-state index in [2.05, 4.69) is 0 Å². The van der Waals surface area contributed by atoms with Crippen molar-refractivity contribution in [1.82, 2.24) is 8.61 Å². The first-order chi connectivity index (χ1) is 15.9. The minimum Gasteiger partial charge on any atom is -0.207 e. The molecule has 5 rings (SSSR count). The summed E-state index contributed by atoms with van der Waals surface area (Å²) in [6.07, 6.45) is 0.430. The predicted octanol–water partition coefficient (Wildman–Crippen LogP) is 4.08. The minimum absolute atomic E-state index is 0.113. The highest BCUT2D eigenvalue weighted by Gasteiger charge is 2.31. The lowest BCUT2D eigenvalue weighted by atomic mass is 10.1. The van der Waals surface area contributed by atoms with Crippen molar-refractivity contribution >= 4 is 41.6 Å². The van der Waals surface area contributed by atoms with Crippen molar-refractivity contribution in [2.45, 2.75) is 16.2 Å². The molecule has 170 valence electrons. The first kappa shape index (κ1) is 22.0. The molecule has 1 heterocycles. The first-order valence-corrected chi connectivity index (χ1v) is 13.7. The summed E-state index contributed by atoms with van der Waals surface area (Å²) in [5.41, 5.74) is 0. The third-order valence-corrected chi connectivity index (χ3v) is 9.92. The van der Waals surface area contributed by atoms with Crippen LogP contribution in [0.3, 0.4) is 0 Å². The fourth-order valence-corrected chi connectivity index (χ4v) is 7.32. The molecule has 33 heavy (non-hydrogen) atoms. The molecular weight excluding hydrogens is 456 g/mol. The Morgan fingerprint density at radius 3 is 1.30 bits per heavy atom. The Hall–Kier alpha value is -2.78. The number of hydrogen-bond acceptors (Lipinski definition) is 4. The predicted molar refractivity (Wildman–Crippen MR) is 130 cm³/mol. The summed E-state index contributed by atoms with van der Waals surface area (Å²) in [6, 6.07) is 25.4. The van der Waals surface area contributed by atoms with Crippen LogP contribution in [0.4, 0.5) is 0 Å². The molecule has 1 fully saturated rings. The SMILES string of the molecule is O=S(=O)(c1ccc2ccccc2c1)N1CCCN(S(=O)(=O)c2ccc3ccccc3c2)CC1. The van der Waals surface area contributed by atoms with Gasteiger partial charge in [0.2, 0.25) is 20.0 Å². The van der Waals surface area contributed by atoms with Crippen LogP contribution in [0.15, 0.2) is 94.7 Å². The van der Waals surface area contributed by atoms with Crippen molar-refractivity contribution in [3.63, 3.8) is 0 Å². The normalized spacial score (nSPS) is 16.7. The second-order valence-corrected chi connectivity index (χ2v) is 12.1. The van der Waals surface area contributed by atoms with Gasteiger partial charge in [0.05, 0.1) is 9.79 Å². The highest BCUT2D eigenvalue weighted by molar-refractivity contribution is 7.89. The molecule has 8 heteroatoms. The van der Waals surface area contributed by atoms with Crippen LogP contribution in [0.5, 0.6) is 0 Å². The molecule has 1 aliphatic rings. The fourth-order valence-electron chi connectivity index (χ4n) is 4.30. The van der Waals surface area contributed by atoms with Gasteiger partial charge in [-0.1, -0.05) is 60.7 Å². The minimum atomic E-state index is -3.73. The number of hydrogen-bond donors (Lipinski definition) is 0. The molecule has 0 amide bonds. The lowest BCUT2D eigenvalue weighted by Gasteiger charge is -2.22. The highest BCUT2D eigenvalue weighted by Crippen LogP contribution is 2.26. The van der Waals surface area contributed by atoms with E-state index in [1.807, 2.05) is 48.5 Å². The van der Waals surface area contributed by atoms with E-state index >= 15 is 0 Å². The van der Waals surface area contributed by atoms with Gasteiger partial charge in [0.15, 0.2) is 0 Å². The van der Waals surface area contributed by atoms with Gasteiger partial charge in [0.25, 0.3) is 0 Å². The molecular formula is C25H24N2O4S2. The zero-order valence-electron chi connectivity index (χ0n) is 18.0. The van der Waals surface area contributed by atoms with Crippen molar-refractivity contribution in [2.75, 3.05) is 26.2 Å². The van der Waals surface area contributed by atoms with E-state index in [9.17, 15) is 16.8 Å². The second-order valence-electron chi connectivity index (χ2n) is 8.18. The Bertz CT molecular complexity index is 1430. The van der Waals surface area contributed by atoms with Gasteiger partial charge in [-0.3, -0.25) is 0 Å². The molecule has 6 nitrogen and oxygen atoms in total. The number of sulfonamides is 2. The summed E-state index contributed by atoms with van der Waals surface area (Å²) in [5, 5.41) is 3.66. The van der Waals surface area contributed by atoms with Crippen LogP contribution in [-0.2, 0) is 20.0 Å². The molecule has 1 aliphatic heterocycles. The summed E-state index contributed by atoms with van der Waals surface area (Å²) >= 11 is 0. The van der Waals surface area contributed by atoms with Gasteiger partial charge >= 0.3 is 0 Å². The first-order valence-electron chi connectivity index (χ1n) is 10.8. The molecule has 4 aromatic carbocycles. The number of fused-ring (bicyclic) bond motifs is 2.